The molecule has 0 radical (unpaired) electrons. The maximum absolute atomic E-state index is 5.18. The van der Waals surface area contributed by atoms with Crippen molar-refractivity contribution in [2.24, 2.45) is 0 Å². The molecule has 9 rings (SSSR count). The fourth-order valence-corrected chi connectivity index (χ4v) is 8.13. The molecule has 0 atom stereocenters. The second-order valence-electron chi connectivity index (χ2n) is 10.7. The Bertz CT molecular complexity index is 2330. The zero-order valence-corrected chi connectivity index (χ0v) is 24.9. The molecule has 44 heavy (non-hydrogen) atoms. The lowest BCUT2D eigenvalue weighted by atomic mass is 10.1. The van der Waals surface area contributed by atoms with Crippen LogP contribution in [0.25, 0.3) is 85.9 Å². The van der Waals surface area contributed by atoms with Gasteiger partial charge in [0.25, 0.3) is 0 Å². The van der Waals surface area contributed by atoms with Crippen molar-refractivity contribution in [2.75, 3.05) is 0 Å². The Morgan fingerprint density at radius 2 is 0.773 bits per heavy atom. The van der Waals surface area contributed by atoms with E-state index in [1.807, 2.05) is 18.2 Å². The Kier molecular flexibility index (Phi) is 5.82. The van der Waals surface area contributed by atoms with Crippen LogP contribution in [0.3, 0.4) is 0 Å². The van der Waals surface area contributed by atoms with Gasteiger partial charge >= 0.3 is 0 Å². The Labute approximate surface area is 261 Å². The van der Waals surface area contributed by atoms with E-state index < -0.39 is 0 Å². The van der Waals surface area contributed by atoms with Crippen molar-refractivity contribution in [3.63, 3.8) is 0 Å². The van der Waals surface area contributed by atoms with Gasteiger partial charge in [-0.15, -0.1) is 22.7 Å². The second kappa shape index (κ2) is 10.2. The van der Waals surface area contributed by atoms with Crippen LogP contribution in [0.1, 0.15) is 0 Å². The van der Waals surface area contributed by atoms with Crippen LogP contribution < -0.4 is 0 Å². The van der Waals surface area contributed by atoms with Gasteiger partial charge in [-0.2, -0.15) is 0 Å². The fourth-order valence-electron chi connectivity index (χ4n) is 5.82. The average molecular weight is 599 g/mol. The zero-order chi connectivity index (χ0) is 29.0. The van der Waals surface area contributed by atoms with Gasteiger partial charge in [-0.1, -0.05) is 115 Å². The van der Waals surface area contributed by atoms with E-state index >= 15 is 0 Å². The van der Waals surface area contributed by atoms with E-state index in [4.69, 9.17) is 19.9 Å². The number of aromatic nitrogens is 4. The molecular weight excluding hydrogens is 577 g/mol. The molecule has 0 N–H and O–H groups in total. The van der Waals surface area contributed by atoms with Gasteiger partial charge in [0.1, 0.15) is 0 Å². The summed E-state index contributed by atoms with van der Waals surface area (Å²) in [6, 6.07) is 46.0. The predicted octanol–water partition coefficient (Wildman–Crippen LogP) is 10.7. The first-order chi connectivity index (χ1) is 21.8. The van der Waals surface area contributed by atoms with Gasteiger partial charge in [-0.3, -0.25) is 0 Å². The maximum atomic E-state index is 5.18. The van der Waals surface area contributed by atoms with Crippen LogP contribution in [-0.2, 0) is 0 Å². The van der Waals surface area contributed by atoms with E-state index in [1.54, 1.807) is 22.7 Å². The number of hydrogen-bond donors (Lipinski definition) is 0. The minimum Gasteiger partial charge on any atom is -0.226 e. The number of thiophene rings is 2. The standard InChI is InChI=1S/C38H22N4S2/c1-3-12-23(13-4-1)31-35-33(27-18-7-9-20-29(27)43-35)41-37(39-31)25-16-11-17-26(22-25)38-40-32(24-14-5-2-6-15-24)36-34(42-38)28-19-8-10-21-30(28)44-36/h1-22H. The van der Waals surface area contributed by atoms with Gasteiger partial charge in [0.05, 0.1) is 31.8 Å². The monoisotopic (exact) mass is 598 g/mol. The Morgan fingerprint density at radius 3 is 1.25 bits per heavy atom. The normalized spacial score (nSPS) is 11.6. The van der Waals surface area contributed by atoms with Gasteiger partial charge in [0.15, 0.2) is 11.6 Å². The molecule has 4 heterocycles. The van der Waals surface area contributed by atoms with E-state index in [-0.39, 0.29) is 0 Å². The van der Waals surface area contributed by atoms with E-state index in [0.717, 1.165) is 64.8 Å². The van der Waals surface area contributed by atoms with Gasteiger partial charge in [-0.25, -0.2) is 19.9 Å². The highest BCUT2D eigenvalue weighted by molar-refractivity contribution is 7.26. The van der Waals surface area contributed by atoms with Gasteiger partial charge in [-0.05, 0) is 18.2 Å². The van der Waals surface area contributed by atoms with Gasteiger partial charge in [0, 0.05) is 42.4 Å². The first kappa shape index (κ1) is 25.2. The van der Waals surface area contributed by atoms with E-state index in [9.17, 15) is 0 Å². The SMILES string of the molecule is c1ccc(-c2nc(-c3cccc(-c4nc(-c5ccccc5)c5sc6ccccc6c5n4)c3)nc3c2sc2ccccc23)cc1. The van der Waals surface area contributed by atoms with Gasteiger partial charge in [0.2, 0.25) is 0 Å². The van der Waals surface area contributed by atoms with Crippen molar-refractivity contribution in [1.82, 2.24) is 19.9 Å². The minimum absolute atomic E-state index is 0.687. The van der Waals surface area contributed by atoms with Crippen LogP contribution in [0.2, 0.25) is 0 Å². The van der Waals surface area contributed by atoms with Crippen molar-refractivity contribution < 1.29 is 0 Å². The van der Waals surface area contributed by atoms with Crippen LogP contribution in [0.4, 0.5) is 0 Å². The van der Waals surface area contributed by atoms with Crippen LogP contribution in [0, 0.1) is 0 Å². The van der Waals surface area contributed by atoms with Crippen molar-refractivity contribution >= 4 is 63.3 Å². The zero-order valence-electron chi connectivity index (χ0n) is 23.3. The fraction of sp³-hybridized carbons (Fsp3) is 0. The third kappa shape index (κ3) is 4.11. The average Bonchev–Trinajstić information content (AvgIpc) is 3.67. The third-order valence-electron chi connectivity index (χ3n) is 7.91. The molecule has 0 unspecified atom stereocenters. The highest BCUT2D eigenvalue weighted by Gasteiger charge is 2.19. The summed E-state index contributed by atoms with van der Waals surface area (Å²) in [6.45, 7) is 0. The number of benzene rings is 5. The number of rotatable bonds is 4. The van der Waals surface area contributed by atoms with Crippen molar-refractivity contribution in [2.45, 2.75) is 0 Å². The Balaban J connectivity index is 1.26. The van der Waals surface area contributed by atoms with Gasteiger partial charge < -0.3 is 0 Å². The molecule has 206 valence electrons. The highest BCUT2D eigenvalue weighted by atomic mass is 32.1. The molecule has 6 heteroatoms. The summed E-state index contributed by atoms with van der Waals surface area (Å²) in [4.78, 5) is 20.7. The largest absolute Gasteiger partial charge is 0.226 e. The molecule has 0 aliphatic heterocycles. The van der Waals surface area contributed by atoms with Crippen molar-refractivity contribution in [1.29, 1.82) is 0 Å². The van der Waals surface area contributed by atoms with E-state index in [0.29, 0.717) is 11.6 Å². The Hall–Kier alpha value is -5.30. The summed E-state index contributed by atoms with van der Waals surface area (Å²) in [6.07, 6.45) is 0. The topological polar surface area (TPSA) is 51.6 Å². The molecule has 0 saturated heterocycles. The molecular formula is C38H22N4S2. The molecule has 0 bridgehead atoms. The predicted molar refractivity (Wildman–Crippen MR) is 185 cm³/mol. The number of fused-ring (bicyclic) bond motifs is 6. The van der Waals surface area contributed by atoms with E-state index in [2.05, 4.69) is 115 Å². The summed E-state index contributed by atoms with van der Waals surface area (Å²) in [7, 11) is 0. The maximum Gasteiger partial charge on any atom is 0.160 e. The van der Waals surface area contributed by atoms with Crippen LogP contribution >= 0.6 is 22.7 Å². The molecule has 4 nitrogen and oxygen atoms in total. The lowest BCUT2D eigenvalue weighted by Gasteiger charge is -2.10. The summed E-state index contributed by atoms with van der Waals surface area (Å²) >= 11 is 3.49. The number of hydrogen-bond acceptors (Lipinski definition) is 6. The quantitative estimate of drug-likeness (QED) is 0.202. The molecule has 0 amide bonds. The summed E-state index contributed by atoms with van der Waals surface area (Å²) in [5.74, 6) is 1.37. The summed E-state index contributed by atoms with van der Waals surface area (Å²) in [5, 5.41) is 2.30. The molecule has 0 spiro atoms. The highest BCUT2D eigenvalue weighted by Crippen LogP contribution is 2.41. The van der Waals surface area contributed by atoms with Crippen LogP contribution in [0.5, 0.6) is 0 Å². The molecule has 0 saturated carbocycles. The lowest BCUT2D eigenvalue weighted by molar-refractivity contribution is 1.22. The summed E-state index contributed by atoms with van der Waals surface area (Å²) < 4.78 is 4.61. The second-order valence-corrected chi connectivity index (χ2v) is 12.8. The minimum atomic E-state index is 0.687. The van der Waals surface area contributed by atoms with Crippen LogP contribution in [-0.4, -0.2) is 19.9 Å². The summed E-state index contributed by atoms with van der Waals surface area (Å²) in [5.41, 5.74) is 7.87. The van der Waals surface area contributed by atoms with Crippen molar-refractivity contribution in [3.8, 4) is 45.3 Å². The Morgan fingerprint density at radius 1 is 0.364 bits per heavy atom. The number of nitrogens with zero attached hydrogens (tertiary/aromatic N) is 4. The molecule has 9 aromatic rings. The molecule has 0 fully saturated rings. The molecule has 5 aromatic carbocycles. The molecule has 0 aliphatic carbocycles. The smallest absolute Gasteiger partial charge is 0.160 e. The first-order valence-electron chi connectivity index (χ1n) is 14.4. The molecule has 4 aromatic heterocycles. The first-order valence-corrected chi connectivity index (χ1v) is 16.0. The van der Waals surface area contributed by atoms with Crippen LogP contribution in [0.15, 0.2) is 133 Å². The molecule has 0 aliphatic rings. The third-order valence-corrected chi connectivity index (χ3v) is 10.2. The van der Waals surface area contributed by atoms with Crippen molar-refractivity contribution in [3.05, 3.63) is 133 Å². The lowest BCUT2D eigenvalue weighted by Crippen LogP contribution is -1.96. The van der Waals surface area contributed by atoms with E-state index in [1.165, 1.54) is 9.40 Å².